The minimum absolute atomic E-state index is 0.0707. The standard InChI is InChI=1S/C10H21N3O/c1-5-12(4)9(14)13-7-6-11-8-10(13,2)3/h11H,5-8H2,1-4H3. The lowest BCUT2D eigenvalue weighted by Gasteiger charge is -2.44. The molecule has 0 atom stereocenters. The Hall–Kier alpha value is -0.770. The Morgan fingerprint density at radius 2 is 2.21 bits per heavy atom. The predicted molar refractivity (Wildman–Crippen MR) is 57.4 cm³/mol. The molecule has 1 N–H and O–H groups in total. The summed E-state index contributed by atoms with van der Waals surface area (Å²) in [4.78, 5) is 15.7. The Morgan fingerprint density at radius 3 is 2.71 bits per heavy atom. The monoisotopic (exact) mass is 199 g/mol. The van der Waals surface area contributed by atoms with E-state index >= 15 is 0 Å². The largest absolute Gasteiger partial charge is 0.328 e. The highest BCUT2D eigenvalue weighted by Crippen LogP contribution is 2.17. The van der Waals surface area contributed by atoms with Crippen molar-refractivity contribution in [1.82, 2.24) is 15.1 Å². The van der Waals surface area contributed by atoms with E-state index in [1.807, 2.05) is 18.9 Å². The highest BCUT2D eigenvalue weighted by molar-refractivity contribution is 5.75. The van der Waals surface area contributed by atoms with Crippen LogP contribution >= 0.6 is 0 Å². The smallest absolute Gasteiger partial charge is 0.320 e. The van der Waals surface area contributed by atoms with Crippen molar-refractivity contribution in [2.75, 3.05) is 33.2 Å². The molecule has 0 radical (unpaired) electrons. The summed E-state index contributed by atoms with van der Waals surface area (Å²) in [6.07, 6.45) is 0. The first-order valence-corrected chi connectivity index (χ1v) is 5.22. The first-order valence-electron chi connectivity index (χ1n) is 5.22. The molecule has 1 saturated heterocycles. The highest BCUT2D eigenvalue weighted by atomic mass is 16.2. The molecule has 0 aromatic heterocycles. The predicted octanol–water partition coefficient (Wildman–Crippen LogP) is 0.742. The number of hydrogen-bond acceptors (Lipinski definition) is 2. The van der Waals surface area contributed by atoms with Crippen molar-refractivity contribution in [2.45, 2.75) is 26.3 Å². The van der Waals surface area contributed by atoms with Crippen molar-refractivity contribution in [3.8, 4) is 0 Å². The van der Waals surface area contributed by atoms with Crippen LogP contribution in [-0.2, 0) is 0 Å². The van der Waals surface area contributed by atoms with Crippen LogP contribution in [0.2, 0.25) is 0 Å². The number of urea groups is 1. The van der Waals surface area contributed by atoms with Crippen LogP contribution < -0.4 is 5.32 Å². The Morgan fingerprint density at radius 1 is 1.57 bits per heavy atom. The maximum atomic E-state index is 12.0. The lowest BCUT2D eigenvalue weighted by molar-refractivity contribution is 0.0915. The molecule has 1 aliphatic rings. The molecular weight excluding hydrogens is 178 g/mol. The third-order valence-corrected chi connectivity index (χ3v) is 2.83. The second kappa shape index (κ2) is 4.17. The number of hydrogen-bond donors (Lipinski definition) is 1. The molecule has 1 heterocycles. The zero-order valence-electron chi connectivity index (χ0n) is 9.63. The van der Waals surface area contributed by atoms with E-state index in [0.29, 0.717) is 0 Å². The van der Waals surface area contributed by atoms with Gasteiger partial charge in [-0.05, 0) is 20.8 Å². The minimum atomic E-state index is -0.0707. The number of carbonyl (C=O) groups is 1. The van der Waals surface area contributed by atoms with E-state index in [-0.39, 0.29) is 11.6 Å². The topological polar surface area (TPSA) is 35.6 Å². The van der Waals surface area contributed by atoms with Gasteiger partial charge in [0, 0.05) is 33.2 Å². The van der Waals surface area contributed by atoms with E-state index < -0.39 is 0 Å². The van der Waals surface area contributed by atoms with E-state index in [0.717, 1.165) is 26.2 Å². The van der Waals surface area contributed by atoms with Gasteiger partial charge in [0.2, 0.25) is 0 Å². The van der Waals surface area contributed by atoms with Crippen molar-refractivity contribution < 1.29 is 4.79 Å². The van der Waals surface area contributed by atoms with Crippen molar-refractivity contribution >= 4 is 6.03 Å². The molecule has 82 valence electrons. The van der Waals surface area contributed by atoms with Gasteiger partial charge in [0.05, 0.1) is 5.54 Å². The second-order valence-corrected chi connectivity index (χ2v) is 4.44. The van der Waals surface area contributed by atoms with E-state index in [9.17, 15) is 4.79 Å². The third-order valence-electron chi connectivity index (χ3n) is 2.83. The molecule has 0 bridgehead atoms. The molecule has 14 heavy (non-hydrogen) atoms. The number of amides is 2. The van der Waals surface area contributed by atoms with E-state index in [1.54, 1.807) is 4.90 Å². The Labute approximate surface area is 86.2 Å². The summed E-state index contributed by atoms with van der Waals surface area (Å²) in [7, 11) is 1.85. The van der Waals surface area contributed by atoms with Gasteiger partial charge in [-0.2, -0.15) is 0 Å². The molecule has 1 aliphatic heterocycles. The molecule has 1 fully saturated rings. The fraction of sp³-hybridized carbons (Fsp3) is 0.900. The van der Waals surface area contributed by atoms with Gasteiger partial charge in [-0.15, -0.1) is 0 Å². The Bertz CT molecular complexity index is 215. The molecule has 0 aromatic carbocycles. The lowest BCUT2D eigenvalue weighted by Crippen LogP contribution is -2.62. The van der Waals surface area contributed by atoms with Crippen LogP contribution in [0, 0.1) is 0 Å². The summed E-state index contributed by atoms with van der Waals surface area (Å²) < 4.78 is 0. The van der Waals surface area contributed by atoms with E-state index in [2.05, 4.69) is 19.2 Å². The maximum Gasteiger partial charge on any atom is 0.320 e. The summed E-state index contributed by atoms with van der Waals surface area (Å²) in [5, 5.41) is 3.30. The number of rotatable bonds is 1. The van der Waals surface area contributed by atoms with Crippen molar-refractivity contribution in [3.05, 3.63) is 0 Å². The number of nitrogens with one attached hydrogen (secondary N) is 1. The Balaban J connectivity index is 2.69. The summed E-state index contributed by atoms with van der Waals surface area (Å²) in [5.41, 5.74) is -0.0707. The minimum Gasteiger partial charge on any atom is -0.328 e. The van der Waals surface area contributed by atoms with Crippen LogP contribution in [-0.4, -0.2) is 54.6 Å². The van der Waals surface area contributed by atoms with Crippen molar-refractivity contribution in [1.29, 1.82) is 0 Å². The fourth-order valence-electron chi connectivity index (χ4n) is 1.68. The van der Waals surface area contributed by atoms with E-state index in [1.165, 1.54) is 0 Å². The first-order chi connectivity index (χ1) is 6.49. The molecule has 0 unspecified atom stereocenters. The maximum absolute atomic E-state index is 12.0. The summed E-state index contributed by atoms with van der Waals surface area (Å²) in [6, 6.07) is 0.138. The van der Waals surface area contributed by atoms with Crippen LogP contribution in [0.25, 0.3) is 0 Å². The third kappa shape index (κ3) is 2.18. The van der Waals surface area contributed by atoms with Gasteiger partial charge in [-0.25, -0.2) is 4.79 Å². The molecule has 4 nitrogen and oxygen atoms in total. The molecule has 0 spiro atoms. The molecule has 0 aromatic rings. The molecule has 4 heteroatoms. The molecular formula is C10H21N3O. The van der Waals surface area contributed by atoms with Gasteiger partial charge in [-0.1, -0.05) is 0 Å². The highest BCUT2D eigenvalue weighted by Gasteiger charge is 2.34. The average molecular weight is 199 g/mol. The fourth-order valence-corrected chi connectivity index (χ4v) is 1.68. The van der Waals surface area contributed by atoms with Crippen LogP contribution in [0.1, 0.15) is 20.8 Å². The van der Waals surface area contributed by atoms with Gasteiger partial charge in [0.1, 0.15) is 0 Å². The van der Waals surface area contributed by atoms with Gasteiger partial charge >= 0.3 is 6.03 Å². The number of nitrogens with zero attached hydrogens (tertiary/aromatic N) is 2. The summed E-state index contributed by atoms with van der Waals surface area (Å²) in [5.74, 6) is 0. The normalized spacial score (nSPS) is 20.7. The second-order valence-electron chi connectivity index (χ2n) is 4.44. The number of carbonyl (C=O) groups excluding carboxylic acids is 1. The lowest BCUT2D eigenvalue weighted by atomic mass is 10.0. The van der Waals surface area contributed by atoms with Crippen LogP contribution in [0.3, 0.4) is 0 Å². The van der Waals surface area contributed by atoms with Crippen LogP contribution in [0.4, 0.5) is 4.79 Å². The number of piperazine rings is 1. The van der Waals surface area contributed by atoms with Gasteiger partial charge in [0.25, 0.3) is 0 Å². The summed E-state index contributed by atoms with van der Waals surface area (Å²) in [6.45, 7) is 9.52. The van der Waals surface area contributed by atoms with Crippen LogP contribution in [0.5, 0.6) is 0 Å². The Kier molecular flexibility index (Phi) is 3.37. The quantitative estimate of drug-likeness (QED) is 0.676. The zero-order valence-corrected chi connectivity index (χ0v) is 9.63. The van der Waals surface area contributed by atoms with Crippen LogP contribution in [0.15, 0.2) is 0 Å². The molecule has 2 amide bonds. The molecule has 0 aliphatic carbocycles. The summed E-state index contributed by atoms with van der Waals surface area (Å²) >= 11 is 0. The van der Waals surface area contributed by atoms with Gasteiger partial charge < -0.3 is 15.1 Å². The van der Waals surface area contributed by atoms with E-state index in [4.69, 9.17) is 0 Å². The molecule has 0 saturated carbocycles. The first kappa shape index (κ1) is 11.3. The average Bonchev–Trinajstić information content (AvgIpc) is 2.15. The van der Waals surface area contributed by atoms with Crippen molar-refractivity contribution in [2.24, 2.45) is 0 Å². The van der Waals surface area contributed by atoms with Crippen molar-refractivity contribution in [3.63, 3.8) is 0 Å². The zero-order chi connectivity index (χ0) is 10.8. The van der Waals surface area contributed by atoms with Gasteiger partial charge in [-0.3, -0.25) is 0 Å². The SMILES string of the molecule is CCN(C)C(=O)N1CCNCC1(C)C. The van der Waals surface area contributed by atoms with Gasteiger partial charge in [0.15, 0.2) is 0 Å². The molecule has 1 rings (SSSR count).